The van der Waals surface area contributed by atoms with Crippen LogP contribution in [0.4, 0.5) is 11.4 Å². The second-order valence-electron chi connectivity index (χ2n) is 5.39. The Kier molecular flexibility index (Phi) is 3.38. The maximum absolute atomic E-state index is 11.0. The minimum atomic E-state index is -0.333. The summed E-state index contributed by atoms with van der Waals surface area (Å²) in [5, 5.41) is 14.3. The molecule has 5 nitrogen and oxygen atoms in total. The Bertz CT molecular complexity index is 474. The van der Waals surface area contributed by atoms with Crippen LogP contribution in [0.5, 0.6) is 0 Å². The number of benzene rings is 1. The van der Waals surface area contributed by atoms with E-state index in [-0.39, 0.29) is 16.7 Å². The van der Waals surface area contributed by atoms with Gasteiger partial charge in [-0.1, -0.05) is 12.1 Å². The molecule has 1 saturated heterocycles. The van der Waals surface area contributed by atoms with Crippen LogP contribution < -0.4 is 5.32 Å². The molecule has 102 valence electrons. The monoisotopic (exact) mass is 262 g/mol. The van der Waals surface area contributed by atoms with E-state index in [2.05, 4.69) is 5.32 Å². The van der Waals surface area contributed by atoms with E-state index in [9.17, 15) is 10.1 Å². The Morgan fingerprint density at radius 1 is 1.26 bits per heavy atom. The highest BCUT2D eigenvalue weighted by atomic mass is 16.6. The van der Waals surface area contributed by atoms with Crippen LogP contribution in [-0.2, 0) is 4.74 Å². The zero-order chi connectivity index (χ0) is 13.2. The third-order valence-corrected chi connectivity index (χ3v) is 3.92. The van der Waals surface area contributed by atoms with E-state index >= 15 is 0 Å². The Morgan fingerprint density at radius 2 is 2.05 bits per heavy atom. The zero-order valence-corrected chi connectivity index (χ0v) is 10.7. The molecule has 0 radical (unpaired) electrons. The summed E-state index contributed by atoms with van der Waals surface area (Å²) in [5.41, 5.74) is 0.769. The van der Waals surface area contributed by atoms with Crippen molar-refractivity contribution in [1.29, 1.82) is 0 Å². The summed E-state index contributed by atoms with van der Waals surface area (Å²) < 4.78 is 5.77. The summed E-state index contributed by atoms with van der Waals surface area (Å²) in [6.07, 6.45) is 4.74. The van der Waals surface area contributed by atoms with Crippen LogP contribution in [0.25, 0.3) is 0 Å². The quantitative estimate of drug-likeness (QED) is 0.669. The zero-order valence-electron chi connectivity index (χ0n) is 10.7. The van der Waals surface area contributed by atoms with Gasteiger partial charge in [-0.15, -0.1) is 0 Å². The van der Waals surface area contributed by atoms with Crippen LogP contribution in [0.15, 0.2) is 24.3 Å². The topological polar surface area (TPSA) is 64.4 Å². The standard InChI is InChI=1S/C14H18N2O3/c17-16(18)13-4-2-1-3-12(13)15-11-7-8-19-14(9-11)10-5-6-10/h1-4,10-11,14-15H,5-9H2. The number of ether oxygens (including phenoxy) is 1. The molecule has 2 aliphatic rings. The van der Waals surface area contributed by atoms with Gasteiger partial charge in [-0.05, 0) is 37.7 Å². The molecule has 2 unspecified atom stereocenters. The van der Waals surface area contributed by atoms with Crippen molar-refractivity contribution in [2.45, 2.75) is 37.8 Å². The summed E-state index contributed by atoms with van der Waals surface area (Å²) >= 11 is 0. The number of nitro groups is 1. The molecule has 2 fully saturated rings. The van der Waals surface area contributed by atoms with Crippen molar-refractivity contribution in [3.05, 3.63) is 34.4 Å². The average Bonchev–Trinajstić information content (AvgIpc) is 3.24. The molecule has 3 rings (SSSR count). The first-order chi connectivity index (χ1) is 9.24. The lowest BCUT2D eigenvalue weighted by Gasteiger charge is -2.30. The van der Waals surface area contributed by atoms with E-state index in [1.807, 2.05) is 6.07 Å². The maximum Gasteiger partial charge on any atom is 0.292 e. The molecule has 1 aliphatic heterocycles. The Morgan fingerprint density at radius 3 is 2.79 bits per heavy atom. The molecule has 0 amide bonds. The number of anilines is 1. The van der Waals surface area contributed by atoms with Gasteiger partial charge >= 0.3 is 0 Å². The van der Waals surface area contributed by atoms with E-state index in [0.717, 1.165) is 25.4 Å². The van der Waals surface area contributed by atoms with Crippen molar-refractivity contribution in [2.75, 3.05) is 11.9 Å². The van der Waals surface area contributed by atoms with Crippen LogP contribution in [0.3, 0.4) is 0 Å². The van der Waals surface area contributed by atoms with Crippen LogP contribution in [-0.4, -0.2) is 23.7 Å². The van der Waals surface area contributed by atoms with Gasteiger partial charge in [-0.2, -0.15) is 0 Å². The number of nitrogens with zero attached hydrogens (tertiary/aromatic N) is 1. The summed E-state index contributed by atoms with van der Waals surface area (Å²) in [6, 6.07) is 7.12. The molecule has 0 bridgehead atoms. The van der Waals surface area contributed by atoms with Gasteiger partial charge in [0.25, 0.3) is 5.69 Å². The predicted octanol–water partition coefficient (Wildman–Crippen LogP) is 2.96. The van der Waals surface area contributed by atoms with Crippen molar-refractivity contribution >= 4 is 11.4 Å². The molecular weight excluding hydrogens is 244 g/mol. The highest BCUT2D eigenvalue weighted by Crippen LogP contribution is 2.39. The van der Waals surface area contributed by atoms with Gasteiger partial charge in [-0.25, -0.2) is 0 Å². The van der Waals surface area contributed by atoms with Crippen molar-refractivity contribution in [3.8, 4) is 0 Å². The summed E-state index contributed by atoms with van der Waals surface area (Å²) in [6.45, 7) is 0.749. The van der Waals surface area contributed by atoms with Gasteiger partial charge < -0.3 is 10.1 Å². The van der Waals surface area contributed by atoms with Crippen molar-refractivity contribution in [2.24, 2.45) is 5.92 Å². The minimum absolute atomic E-state index is 0.150. The molecular formula is C14H18N2O3. The Hall–Kier alpha value is -1.62. The van der Waals surface area contributed by atoms with Gasteiger partial charge in [0.1, 0.15) is 5.69 Å². The molecule has 19 heavy (non-hydrogen) atoms. The van der Waals surface area contributed by atoms with Crippen molar-refractivity contribution in [3.63, 3.8) is 0 Å². The predicted molar refractivity (Wildman–Crippen MR) is 72.2 cm³/mol. The first kappa shape index (κ1) is 12.4. The van der Waals surface area contributed by atoms with E-state index in [1.165, 1.54) is 12.8 Å². The van der Waals surface area contributed by atoms with Crippen LogP contribution in [0.2, 0.25) is 0 Å². The van der Waals surface area contributed by atoms with E-state index < -0.39 is 0 Å². The molecule has 2 atom stereocenters. The molecule has 5 heteroatoms. The second-order valence-corrected chi connectivity index (χ2v) is 5.39. The average molecular weight is 262 g/mol. The summed E-state index contributed by atoms with van der Waals surface area (Å²) in [5.74, 6) is 0.718. The molecule has 1 aromatic rings. The number of nitrogens with one attached hydrogen (secondary N) is 1. The third kappa shape index (κ3) is 2.87. The highest BCUT2D eigenvalue weighted by molar-refractivity contribution is 5.61. The molecule has 0 spiro atoms. The fraction of sp³-hybridized carbons (Fsp3) is 0.571. The smallest absolute Gasteiger partial charge is 0.292 e. The van der Waals surface area contributed by atoms with E-state index in [0.29, 0.717) is 11.8 Å². The number of nitro benzene ring substituents is 1. The van der Waals surface area contributed by atoms with Gasteiger partial charge in [0.15, 0.2) is 0 Å². The maximum atomic E-state index is 11.0. The fourth-order valence-corrected chi connectivity index (χ4v) is 2.73. The lowest BCUT2D eigenvalue weighted by Crippen LogP contribution is -2.35. The minimum Gasteiger partial charge on any atom is -0.378 e. The highest BCUT2D eigenvalue weighted by Gasteiger charge is 2.36. The third-order valence-electron chi connectivity index (χ3n) is 3.92. The van der Waals surface area contributed by atoms with Crippen molar-refractivity contribution < 1.29 is 9.66 Å². The van der Waals surface area contributed by atoms with Gasteiger partial charge in [0, 0.05) is 18.7 Å². The fourth-order valence-electron chi connectivity index (χ4n) is 2.73. The van der Waals surface area contributed by atoms with Gasteiger partial charge in [-0.3, -0.25) is 10.1 Å². The number of hydrogen-bond donors (Lipinski definition) is 1. The number of para-hydroxylation sites is 2. The molecule has 0 aromatic heterocycles. The van der Waals surface area contributed by atoms with E-state index in [4.69, 9.17) is 4.74 Å². The number of hydrogen-bond acceptors (Lipinski definition) is 4. The largest absolute Gasteiger partial charge is 0.378 e. The normalized spacial score (nSPS) is 26.9. The molecule has 1 aromatic carbocycles. The van der Waals surface area contributed by atoms with Crippen LogP contribution >= 0.6 is 0 Å². The first-order valence-electron chi connectivity index (χ1n) is 6.85. The van der Waals surface area contributed by atoms with Gasteiger partial charge in [0.05, 0.1) is 11.0 Å². The second kappa shape index (κ2) is 5.17. The summed E-state index contributed by atoms with van der Waals surface area (Å²) in [4.78, 5) is 10.7. The van der Waals surface area contributed by atoms with Crippen LogP contribution in [0, 0.1) is 16.0 Å². The summed E-state index contributed by atoms with van der Waals surface area (Å²) in [7, 11) is 0. The first-order valence-corrected chi connectivity index (χ1v) is 6.85. The lowest BCUT2D eigenvalue weighted by molar-refractivity contribution is -0.384. The van der Waals surface area contributed by atoms with E-state index in [1.54, 1.807) is 18.2 Å². The number of rotatable bonds is 4. The van der Waals surface area contributed by atoms with Crippen molar-refractivity contribution in [1.82, 2.24) is 0 Å². The van der Waals surface area contributed by atoms with Gasteiger partial charge in [0.2, 0.25) is 0 Å². The molecule has 1 aliphatic carbocycles. The van der Waals surface area contributed by atoms with Crippen LogP contribution in [0.1, 0.15) is 25.7 Å². The Labute approximate surface area is 112 Å². The Balaban J connectivity index is 1.68. The molecule has 1 saturated carbocycles. The molecule has 1 heterocycles. The lowest BCUT2D eigenvalue weighted by atomic mass is 9.99. The SMILES string of the molecule is O=[N+]([O-])c1ccccc1NC1CCOC(C2CC2)C1. The molecule has 1 N–H and O–H groups in total.